The Morgan fingerprint density at radius 1 is 1.09 bits per heavy atom. The molecule has 0 aliphatic rings. The minimum absolute atomic E-state index is 0.148. The number of anilines is 1. The van der Waals surface area contributed by atoms with Gasteiger partial charge in [-0.3, -0.25) is 4.79 Å². The van der Waals surface area contributed by atoms with E-state index < -0.39 is 0 Å². The first-order chi connectivity index (χ1) is 10.5. The van der Waals surface area contributed by atoms with Crippen LogP contribution in [0.1, 0.15) is 24.2 Å². The molecule has 0 saturated heterocycles. The highest BCUT2D eigenvalue weighted by atomic mass is 35.5. The molecule has 0 N–H and O–H groups in total. The summed E-state index contributed by atoms with van der Waals surface area (Å²) >= 11 is 12.1. The van der Waals surface area contributed by atoms with E-state index in [1.54, 1.807) is 23.1 Å². The largest absolute Gasteiger partial charge is 0.305 e. The molecule has 2 rings (SSSR count). The van der Waals surface area contributed by atoms with Gasteiger partial charge in [-0.05, 0) is 44.2 Å². The van der Waals surface area contributed by atoms with Crippen LogP contribution in [-0.2, 0) is 0 Å². The number of hydrogen-bond donors (Lipinski definition) is 0. The molecule has 0 bridgehead atoms. The van der Waals surface area contributed by atoms with E-state index in [1.807, 2.05) is 50.3 Å². The van der Waals surface area contributed by atoms with Gasteiger partial charge in [0.1, 0.15) is 0 Å². The summed E-state index contributed by atoms with van der Waals surface area (Å²) in [6.45, 7) is 4.50. The van der Waals surface area contributed by atoms with E-state index in [-0.39, 0.29) is 5.91 Å². The average Bonchev–Trinajstić information content (AvgIpc) is 2.48. The summed E-state index contributed by atoms with van der Waals surface area (Å²) in [4.78, 5) is 14.6. The highest BCUT2D eigenvalue weighted by Crippen LogP contribution is 2.24. The van der Waals surface area contributed by atoms with Gasteiger partial charge in [-0.25, -0.2) is 0 Å². The smallest absolute Gasteiger partial charge is 0.260 e. The molecule has 1 amide bonds. The molecule has 0 atom stereocenters. The maximum Gasteiger partial charge on any atom is 0.260 e. The van der Waals surface area contributed by atoms with Gasteiger partial charge in [-0.1, -0.05) is 53.1 Å². The number of amides is 1. The van der Waals surface area contributed by atoms with E-state index >= 15 is 0 Å². The Bertz CT molecular complexity index is 691. The summed E-state index contributed by atoms with van der Waals surface area (Å²) in [5.41, 5.74) is 2.42. The second kappa shape index (κ2) is 7.48. The topological polar surface area (TPSA) is 20.3 Å². The lowest BCUT2D eigenvalue weighted by Gasteiger charge is -2.22. The molecule has 22 heavy (non-hydrogen) atoms. The molecular weight excluding hydrogens is 317 g/mol. The standard InChI is InChI=1S/C18H17Cl2NO/c1-13(2)10-11-21(15-6-4-3-5-7-15)18(22)16-9-8-14(19)12-17(16)20/h3-10,12H,11H2,1-2H3. The van der Waals surface area contributed by atoms with Crippen molar-refractivity contribution in [2.75, 3.05) is 11.4 Å². The van der Waals surface area contributed by atoms with Gasteiger partial charge in [0, 0.05) is 17.3 Å². The second-order valence-corrected chi connectivity index (χ2v) is 6.00. The van der Waals surface area contributed by atoms with Crippen LogP contribution in [0, 0.1) is 0 Å². The van der Waals surface area contributed by atoms with Crippen LogP contribution in [0.2, 0.25) is 10.0 Å². The lowest BCUT2D eigenvalue weighted by molar-refractivity contribution is 0.0990. The number of rotatable bonds is 4. The summed E-state index contributed by atoms with van der Waals surface area (Å²) < 4.78 is 0. The van der Waals surface area contributed by atoms with E-state index in [1.165, 1.54) is 0 Å². The van der Waals surface area contributed by atoms with Gasteiger partial charge in [-0.2, -0.15) is 0 Å². The fraction of sp³-hybridized carbons (Fsp3) is 0.167. The SMILES string of the molecule is CC(C)=CCN(C(=O)c1ccc(Cl)cc1Cl)c1ccccc1. The van der Waals surface area contributed by atoms with Crippen LogP contribution in [0.15, 0.2) is 60.2 Å². The van der Waals surface area contributed by atoms with Gasteiger partial charge < -0.3 is 4.90 Å². The average molecular weight is 334 g/mol. The van der Waals surface area contributed by atoms with E-state index in [4.69, 9.17) is 23.2 Å². The minimum Gasteiger partial charge on any atom is -0.305 e. The van der Waals surface area contributed by atoms with E-state index in [9.17, 15) is 4.79 Å². The predicted molar refractivity (Wildman–Crippen MR) is 94.0 cm³/mol. The van der Waals surface area contributed by atoms with Crippen molar-refractivity contribution in [2.45, 2.75) is 13.8 Å². The van der Waals surface area contributed by atoms with Gasteiger partial charge in [0.05, 0.1) is 10.6 Å². The highest BCUT2D eigenvalue weighted by Gasteiger charge is 2.19. The number of hydrogen-bond acceptors (Lipinski definition) is 1. The molecule has 0 aliphatic heterocycles. The summed E-state index contributed by atoms with van der Waals surface area (Å²) in [6, 6.07) is 14.4. The normalized spacial score (nSPS) is 10.2. The Kier molecular flexibility index (Phi) is 5.64. The van der Waals surface area contributed by atoms with Crippen molar-refractivity contribution in [3.63, 3.8) is 0 Å². The summed E-state index contributed by atoms with van der Waals surface area (Å²) in [5, 5.41) is 0.868. The van der Waals surface area contributed by atoms with Crippen molar-refractivity contribution in [3.8, 4) is 0 Å². The zero-order chi connectivity index (χ0) is 16.1. The number of carbonyl (C=O) groups excluding carboxylic acids is 1. The molecule has 2 aromatic carbocycles. The number of allylic oxidation sites excluding steroid dienone is 1. The first-order valence-corrected chi connectivity index (χ1v) is 7.70. The zero-order valence-electron chi connectivity index (χ0n) is 12.5. The Labute approximate surface area is 141 Å². The van der Waals surface area contributed by atoms with Crippen LogP contribution in [0.4, 0.5) is 5.69 Å². The molecule has 0 saturated carbocycles. The Hall–Kier alpha value is -1.77. The molecule has 2 aromatic rings. The Morgan fingerprint density at radius 3 is 2.36 bits per heavy atom. The molecule has 4 heteroatoms. The number of carbonyl (C=O) groups is 1. The number of nitrogens with zero attached hydrogens (tertiary/aromatic N) is 1. The summed E-state index contributed by atoms with van der Waals surface area (Å²) in [5.74, 6) is -0.148. The monoisotopic (exact) mass is 333 g/mol. The van der Waals surface area contributed by atoms with Crippen molar-refractivity contribution in [2.24, 2.45) is 0 Å². The van der Waals surface area contributed by atoms with E-state index in [2.05, 4.69) is 0 Å². The molecule has 2 nitrogen and oxygen atoms in total. The van der Waals surface area contributed by atoms with Crippen LogP contribution in [0.25, 0.3) is 0 Å². The number of halogens is 2. The molecule has 0 aromatic heterocycles. The molecule has 0 heterocycles. The van der Waals surface area contributed by atoms with Crippen molar-refractivity contribution >= 4 is 34.8 Å². The predicted octanol–water partition coefficient (Wildman–Crippen LogP) is 5.61. The third-order valence-corrected chi connectivity index (χ3v) is 3.70. The van der Waals surface area contributed by atoms with Crippen LogP contribution in [0.5, 0.6) is 0 Å². The summed E-state index contributed by atoms with van der Waals surface area (Å²) in [7, 11) is 0. The zero-order valence-corrected chi connectivity index (χ0v) is 14.0. The quantitative estimate of drug-likeness (QED) is 0.666. The fourth-order valence-electron chi connectivity index (χ4n) is 2.00. The van der Waals surface area contributed by atoms with Gasteiger partial charge in [0.25, 0.3) is 5.91 Å². The fourth-order valence-corrected chi connectivity index (χ4v) is 2.49. The van der Waals surface area contributed by atoms with E-state index in [0.29, 0.717) is 22.2 Å². The maximum absolute atomic E-state index is 12.9. The van der Waals surface area contributed by atoms with Crippen molar-refractivity contribution < 1.29 is 4.79 Å². The first kappa shape index (κ1) is 16.6. The molecule has 0 aliphatic carbocycles. The van der Waals surface area contributed by atoms with Crippen LogP contribution in [-0.4, -0.2) is 12.5 Å². The van der Waals surface area contributed by atoms with Gasteiger partial charge >= 0.3 is 0 Å². The van der Waals surface area contributed by atoms with Crippen molar-refractivity contribution in [1.29, 1.82) is 0 Å². The molecule has 0 radical (unpaired) electrons. The first-order valence-electron chi connectivity index (χ1n) is 6.94. The van der Waals surface area contributed by atoms with Crippen molar-refractivity contribution in [1.82, 2.24) is 0 Å². The van der Waals surface area contributed by atoms with Crippen LogP contribution < -0.4 is 4.90 Å². The van der Waals surface area contributed by atoms with Crippen LogP contribution >= 0.6 is 23.2 Å². The lowest BCUT2D eigenvalue weighted by atomic mass is 10.1. The molecule has 0 spiro atoms. The van der Waals surface area contributed by atoms with Gasteiger partial charge in [-0.15, -0.1) is 0 Å². The third-order valence-electron chi connectivity index (χ3n) is 3.16. The molecular formula is C18H17Cl2NO. The third kappa shape index (κ3) is 4.12. The number of benzene rings is 2. The van der Waals surface area contributed by atoms with E-state index in [0.717, 1.165) is 11.3 Å². The second-order valence-electron chi connectivity index (χ2n) is 5.16. The molecule has 0 fully saturated rings. The lowest BCUT2D eigenvalue weighted by Crippen LogP contribution is -2.31. The maximum atomic E-state index is 12.9. The molecule has 0 unspecified atom stereocenters. The highest BCUT2D eigenvalue weighted by molar-refractivity contribution is 6.37. The Morgan fingerprint density at radius 2 is 1.77 bits per heavy atom. The Balaban J connectivity index is 2.40. The minimum atomic E-state index is -0.148. The van der Waals surface area contributed by atoms with Crippen molar-refractivity contribution in [3.05, 3.63) is 75.8 Å². The number of para-hydroxylation sites is 1. The van der Waals surface area contributed by atoms with Gasteiger partial charge in [0.15, 0.2) is 0 Å². The summed E-state index contributed by atoms with van der Waals surface area (Å²) in [6.07, 6.45) is 2.01. The van der Waals surface area contributed by atoms with Gasteiger partial charge in [0.2, 0.25) is 0 Å². The molecule has 114 valence electrons. The van der Waals surface area contributed by atoms with Crippen LogP contribution in [0.3, 0.4) is 0 Å².